The van der Waals surface area contributed by atoms with Crippen LogP contribution in [-0.2, 0) is 12.8 Å². The van der Waals surface area contributed by atoms with Gasteiger partial charge in [-0.25, -0.2) is 0 Å². The normalized spacial score (nSPS) is 19.0. The number of halogens is 1. The van der Waals surface area contributed by atoms with Gasteiger partial charge in [-0.1, -0.05) is 22.0 Å². The Kier molecular flexibility index (Phi) is 2.45. The van der Waals surface area contributed by atoms with Crippen molar-refractivity contribution in [1.82, 2.24) is 4.98 Å². The molecule has 2 nitrogen and oxygen atoms in total. The molecule has 1 heterocycles. The first kappa shape index (κ1) is 10.2. The highest BCUT2D eigenvalue weighted by molar-refractivity contribution is 9.10. The van der Waals surface area contributed by atoms with Gasteiger partial charge >= 0.3 is 0 Å². The van der Waals surface area contributed by atoms with Crippen molar-refractivity contribution in [3.05, 3.63) is 40.0 Å². The van der Waals surface area contributed by atoms with Crippen LogP contribution >= 0.6 is 15.9 Å². The second-order valence-corrected chi connectivity index (χ2v) is 5.30. The Labute approximate surface area is 102 Å². The Morgan fingerprint density at radius 1 is 1.31 bits per heavy atom. The molecule has 1 aliphatic rings. The largest absolute Gasteiger partial charge is 0.396 e. The number of benzene rings is 1. The summed E-state index contributed by atoms with van der Waals surface area (Å²) in [5.41, 5.74) is 3.49. The van der Waals surface area contributed by atoms with Gasteiger partial charge in [0, 0.05) is 22.2 Å². The van der Waals surface area contributed by atoms with E-state index in [-0.39, 0.29) is 6.61 Å². The number of pyridine rings is 1. The van der Waals surface area contributed by atoms with Gasteiger partial charge in [-0.15, -0.1) is 0 Å². The lowest BCUT2D eigenvalue weighted by Gasteiger charge is -2.02. The number of hydrogen-bond donors (Lipinski definition) is 1. The summed E-state index contributed by atoms with van der Waals surface area (Å²) in [6.45, 7) is 0.260. The van der Waals surface area contributed by atoms with Gasteiger partial charge in [0.1, 0.15) is 0 Å². The number of hydrogen-bond acceptors (Lipinski definition) is 2. The van der Waals surface area contributed by atoms with Crippen LogP contribution < -0.4 is 0 Å². The molecule has 0 amide bonds. The topological polar surface area (TPSA) is 33.1 Å². The summed E-state index contributed by atoms with van der Waals surface area (Å²) < 4.78 is 1.06. The third-order valence-corrected chi connectivity index (χ3v) is 3.69. The zero-order valence-corrected chi connectivity index (χ0v) is 10.4. The van der Waals surface area contributed by atoms with Crippen molar-refractivity contribution in [2.75, 3.05) is 6.61 Å². The van der Waals surface area contributed by atoms with E-state index in [4.69, 9.17) is 0 Å². The third-order valence-electron chi connectivity index (χ3n) is 3.20. The van der Waals surface area contributed by atoms with E-state index in [0.717, 1.165) is 28.5 Å². The van der Waals surface area contributed by atoms with Gasteiger partial charge < -0.3 is 5.11 Å². The van der Waals surface area contributed by atoms with Crippen LogP contribution in [0.1, 0.15) is 11.3 Å². The maximum absolute atomic E-state index is 9.18. The molecule has 0 aliphatic heterocycles. The highest BCUT2D eigenvalue weighted by Gasteiger charge is 2.22. The molecule has 3 rings (SSSR count). The smallest absolute Gasteiger partial charge is 0.0716 e. The van der Waals surface area contributed by atoms with E-state index in [1.54, 1.807) is 0 Å². The van der Waals surface area contributed by atoms with Gasteiger partial charge in [-0.2, -0.15) is 0 Å². The summed E-state index contributed by atoms with van der Waals surface area (Å²) in [4.78, 5) is 4.67. The van der Waals surface area contributed by atoms with Crippen LogP contribution in [0.4, 0.5) is 0 Å². The molecule has 0 radical (unpaired) electrons. The van der Waals surface area contributed by atoms with Crippen molar-refractivity contribution in [3.8, 4) is 0 Å². The van der Waals surface area contributed by atoms with Gasteiger partial charge in [0.05, 0.1) is 5.52 Å². The zero-order valence-electron chi connectivity index (χ0n) is 8.78. The van der Waals surface area contributed by atoms with E-state index in [2.05, 4.69) is 33.0 Å². The molecule has 0 bridgehead atoms. The van der Waals surface area contributed by atoms with Gasteiger partial charge in [-0.05, 0) is 42.5 Å². The average molecular weight is 278 g/mol. The lowest BCUT2D eigenvalue weighted by atomic mass is 10.1. The Morgan fingerprint density at radius 2 is 2.19 bits per heavy atom. The Bertz CT molecular complexity index is 553. The Morgan fingerprint density at radius 3 is 3.00 bits per heavy atom. The van der Waals surface area contributed by atoms with Crippen LogP contribution in [0, 0.1) is 5.92 Å². The van der Waals surface area contributed by atoms with E-state index < -0.39 is 0 Å². The van der Waals surface area contributed by atoms with Gasteiger partial charge in [0.25, 0.3) is 0 Å². The molecule has 0 fully saturated rings. The number of nitrogens with zero attached hydrogens (tertiary/aromatic N) is 1. The number of aliphatic hydroxyl groups is 1. The van der Waals surface area contributed by atoms with E-state index >= 15 is 0 Å². The maximum Gasteiger partial charge on any atom is 0.0716 e. The predicted octanol–water partition coefficient (Wildman–Crippen LogP) is 2.70. The van der Waals surface area contributed by atoms with Crippen LogP contribution in [-0.4, -0.2) is 16.7 Å². The maximum atomic E-state index is 9.18. The zero-order chi connectivity index (χ0) is 11.1. The van der Waals surface area contributed by atoms with Gasteiger partial charge in [0.15, 0.2) is 0 Å². The van der Waals surface area contributed by atoms with Crippen molar-refractivity contribution in [2.45, 2.75) is 12.8 Å². The minimum absolute atomic E-state index is 0.260. The highest BCUT2D eigenvalue weighted by Crippen LogP contribution is 2.29. The summed E-state index contributed by atoms with van der Waals surface area (Å²) in [6, 6.07) is 8.37. The molecule has 1 atom stereocenters. The summed E-state index contributed by atoms with van der Waals surface area (Å²) >= 11 is 3.46. The third kappa shape index (κ3) is 1.64. The molecular weight excluding hydrogens is 266 g/mol. The molecule has 3 heteroatoms. The number of aromatic nitrogens is 1. The van der Waals surface area contributed by atoms with E-state index in [1.807, 2.05) is 12.1 Å². The lowest BCUT2D eigenvalue weighted by Crippen LogP contribution is -2.04. The number of aliphatic hydroxyl groups excluding tert-OH is 1. The van der Waals surface area contributed by atoms with Crippen molar-refractivity contribution in [2.24, 2.45) is 5.92 Å². The van der Waals surface area contributed by atoms with E-state index in [9.17, 15) is 5.11 Å². The first-order valence-corrected chi connectivity index (χ1v) is 6.24. The van der Waals surface area contributed by atoms with Crippen molar-refractivity contribution in [3.63, 3.8) is 0 Å². The quantitative estimate of drug-likeness (QED) is 0.870. The van der Waals surface area contributed by atoms with Crippen LogP contribution in [0.5, 0.6) is 0 Å². The molecule has 16 heavy (non-hydrogen) atoms. The monoisotopic (exact) mass is 277 g/mol. The van der Waals surface area contributed by atoms with Crippen molar-refractivity contribution < 1.29 is 5.11 Å². The average Bonchev–Trinajstić information content (AvgIpc) is 2.67. The van der Waals surface area contributed by atoms with Crippen molar-refractivity contribution >= 4 is 26.8 Å². The minimum atomic E-state index is 0.260. The highest BCUT2D eigenvalue weighted by atomic mass is 79.9. The number of rotatable bonds is 1. The summed E-state index contributed by atoms with van der Waals surface area (Å²) in [7, 11) is 0. The van der Waals surface area contributed by atoms with Crippen molar-refractivity contribution in [1.29, 1.82) is 0 Å². The molecule has 1 N–H and O–H groups in total. The van der Waals surface area contributed by atoms with Crippen LogP contribution in [0.25, 0.3) is 10.9 Å². The standard InChI is InChI=1S/C13H12BrNO/c14-11-2-1-9-5-10-3-8(7-16)4-12(10)15-13(9)6-11/h1-2,5-6,8,16H,3-4,7H2/t8-/m1/s1. The minimum Gasteiger partial charge on any atom is -0.396 e. The van der Waals surface area contributed by atoms with E-state index in [1.165, 1.54) is 10.9 Å². The summed E-state index contributed by atoms with van der Waals surface area (Å²) in [6.07, 6.45) is 1.87. The van der Waals surface area contributed by atoms with Crippen LogP contribution in [0.3, 0.4) is 0 Å². The molecule has 0 saturated heterocycles. The second kappa shape index (κ2) is 3.82. The summed E-state index contributed by atoms with van der Waals surface area (Å²) in [5.74, 6) is 0.364. The molecule has 0 spiro atoms. The second-order valence-electron chi connectivity index (χ2n) is 4.39. The number of fused-ring (bicyclic) bond motifs is 2. The van der Waals surface area contributed by atoms with E-state index in [0.29, 0.717) is 5.92 Å². The molecule has 1 aromatic heterocycles. The fourth-order valence-corrected chi connectivity index (χ4v) is 2.71. The molecule has 0 saturated carbocycles. The first-order chi connectivity index (χ1) is 7.76. The molecule has 0 unspecified atom stereocenters. The fraction of sp³-hybridized carbons (Fsp3) is 0.308. The molecule has 82 valence electrons. The fourth-order valence-electron chi connectivity index (χ4n) is 2.36. The molecular formula is C13H12BrNO. The van der Waals surface area contributed by atoms with Gasteiger partial charge in [-0.3, -0.25) is 4.98 Å². The Hall–Kier alpha value is -0.930. The van der Waals surface area contributed by atoms with Crippen LogP contribution in [0.15, 0.2) is 28.7 Å². The SMILES string of the molecule is OC[C@@H]1Cc2cc3ccc(Br)cc3nc2C1. The summed E-state index contributed by atoms with van der Waals surface area (Å²) in [5, 5.41) is 10.4. The Balaban J connectivity index is 2.14. The first-order valence-electron chi connectivity index (χ1n) is 5.45. The predicted molar refractivity (Wildman–Crippen MR) is 67.4 cm³/mol. The molecule has 1 aliphatic carbocycles. The van der Waals surface area contributed by atoms with Crippen LogP contribution in [0.2, 0.25) is 0 Å². The lowest BCUT2D eigenvalue weighted by molar-refractivity contribution is 0.232. The molecule has 2 aromatic rings. The molecule has 1 aromatic carbocycles. The van der Waals surface area contributed by atoms with Gasteiger partial charge in [0.2, 0.25) is 0 Å².